The van der Waals surface area contributed by atoms with Gasteiger partial charge in [0.25, 0.3) is 5.91 Å². The Bertz CT molecular complexity index is 833. The minimum absolute atomic E-state index is 0.200. The van der Waals surface area contributed by atoms with Gasteiger partial charge in [-0.1, -0.05) is 76.7 Å². The predicted molar refractivity (Wildman–Crippen MR) is 118 cm³/mol. The van der Waals surface area contributed by atoms with E-state index in [-0.39, 0.29) is 11.1 Å². The lowest BCUT2D eigenvalue weighted by atomic mass is 9.96. The van der Waals surface area contributed by atoms with Crippen molar-refractivity contribution in [3.8, 4) is 0 Å². The zero-order valence-corrected chi connectivity index (χ0v) is 20.1. The third-order valence-corrected chi connectivity index (χ3v) is 7.85. The van der Waals surface area contributed by atoms with E-state index in [1.54, 1.807) is 12.1 Å². The second kappa shape index (κ2) is 7.82. The molecule has 11 heteroatoms. The maximum absolute atomic E-state index is 12.9. The molecule has 1 amide bonds. The molecule has 2 aliphatic rings. The Morgan fingerprint density at radius 1 is 1.32 bits per heavy atom. The highest BCUT2D eigenvalue weighted by molar-refractivity contribution is 9.10. The van der Waals surface area contributed by atoms with Gasteiger partial charge in [-0.3, -0.25) is 4.79 Å². The van der Waals surface area contributed by atoms with Crippen LogP contribution in [0.2, 0.25) is 0 Å². The maximum Gasteiger partial charge on any atom is 0.330 e. The van der Waals surface area contributed by atoms with E-state index < -0.39 is 37.0 Å². The molecule has 2 saturated heterocycles. The third-order valence-electron chi connectivity index (χ3n) is 4.34. The van der Waals surface area contributed by atoms with Crippen LogP contribution in [0, 0.1) is 0 Å². The van der Waals surface area contributed by atoms with Crippen LogP contribution < -0.4 is 0 Å². The van der Waals surface area contributed by atoms with E-state index in [2.05, 4.69) is 20.9 Å². The monoisotopic (exact) mass is 546 g/mol. The lowest BCUT2D eigenvalue weighted by Gasteiger charge is -2.47. The summed E-state index contributed by atoms with van der Waals surface area (Å²) in [6.45, 7) is 3.29. The van der Waals surface area contributed by atoms with Gasteiger partial charge in [-0.15, -0.1) is 11.8 Å². The number of hydrogen-bond acceptors (Lipinski definition) is 5. The van der Waals surface area contributed by atoms with Crippen molar-refractivity contribution in [3.05, 3.63) is 35.9 Å². The van der Waals surface area contributed by atoms with Gasteiger partial charge in [-0.2, -0.15) is 0 Å². The number of fused-ring (bicyclic) bond motifs is 1. The highest BCUT2D eigenvalue weighted by atomic mass is 79.9. The van der Waals surface area contributed by atoms with E-state index >= 15 is 0 Å². The Morgan fingerprint density at radius 2 is 1.93 bits per heavy atom. The Balaban J connectivity index is 1.83. The summed E-state index contributed by atoms with van der Waals surface area (Å²) in [5.74, 6) is -1.01. The number of carbonyl (C=O) groups is 2. The number of esters is 1. The molecule has 3 atom stereocenters. The van der Waals surface area contributed by atoms with E-state index in [9.17, 15) is 9.59 Å². The maximum atomic E-state index is 12.9. The first-order chi connectivity index (χ1) is 12.9. The molecule has 0 aromatic heterocycles. The van der Waals surface area contributed by atoms with E-state index in [1.165, 1.54) is 16.7 Å². The Hall–Kier alpha value is -0.180. The topological polar surface area (TPSA) is 59.0 Å². The molecule has 3 rings (SSSR count). The molecular weight excluding hydrogens is 534 g/mol. The second-order valence-corrected chi connectivity index (χ2v) is 12.7. The summed E-state index contributed by atoms with van der Waals surface area (Å²) in [6.07, 6.45) is 0. The molecule has 0 spiro atoms. The van der Waals surface area contributed by atoms with Crippen LogP contribution in [-0.2, 0) is 14.3 Å². The van der Waals surface area contributed by atoms with Crippen LogP contribution in [0.15, 0.2) is 35.3 Å². The number of benzene rings is 1. The number of ether oxygens (including phenoxy) is 1. The number of alkyl halides is 4. The average molecular weight is 549 g/mol. The van der Waals surface area contributed by atoms with Crippen molar-refractivity contribution < 1.29 is 14.3 Å². The molecule has 5 nitrogen and oxygen atoms in total. The zero-order valence-electron chi connectivity index (χ0n) is 14.7. The number of halogens is 5. The van der Waals surface area contributed by atoms with E-state index in [1.807, 2.05) is 32.0 Å². The van der Waals surface area contributed by atoms with Gasteiger partial charge in [-0.05, 0) is 29.8 Å². The molecule has 2 heterocycles. The van der Waals surface area contributed by atoms with E-state index in [0.29, 0.717) is 5.56 Å². The number of rotatable bonds is 4. The van der Waals surface area contributed by atoms with Crippen LogP contribution in [0.25, 0.3) is 0 Å². The largest absolute Gasteiger partial charge is 0.460 e. The molecule has 1 unspecified atom stereocenters. The molecule has 152 valence electrons. The molecular formula is C17H15BrCl4N2O3S. The summed E-state index contributed by atoms with van der Waals surface area (Å²) >= 11 is 28.2. The van der Waals surface area contributed by atoms with Crippen molar-refractivity contribution in [1.29, 1.82) is 0 Å². The van der Waals surface area contributed by atoms with Gasteiger partial charge in [-0.25, -0.2) is 9.79 Å². The smallest absolute Gasteiger partial charge is 0.330 e. The fourth-order valence-electron chi connectivity index (χ4n) is 3.10. The normalized spacial score (nSPS) is 29.3. The van der Waals surface area contributed by atoms with Crippen LogP contribution in [0.5, 0.6) is 0 Å². The van der Waals surface area contributed by atoms with Crippen molar-refractivity contribution in [1.82, 2.24) is 4.90 Å². The van der Waals surface area contributed by atoms with Crippen molar-refractivity contribution >= 4 is 91.1 Å². The van der Waals surface area contributed by atoms with Crippen molar-refractivity contribution in [3.63, 3.8) is 0 Å². The summed E-state index contributed by atoms with van der Waals surface area (Å²) < 4.78 is 1.51. The van der Waals surface area contributed by atoms with Crippen molar-refractivity contribution in [2.45, 2.75) is 38.3 Å². The number of amides is 1. The van der Waals surface area contributed by atoms with Gasteiger partial charge < -0.3 is 9.64 Å². The second-order valence-electron chi connectivity index (χ2n) is 6.85. The average Bonchev–Trinajstić information content (AvgIpc) is 2.89. The molecule has 0 aliphatic carbocycles. The predicted octanol–water partition coefficient (Wildman–Crippen LogP) is 4.74. The van der Waals surface area contributed by atoms with Gasteiger partial charge in [0, 0.05) is 10.3 Å². The summed E-state index contributed by atoms with van der Waals surface area (Å²) in [4.78, 5) is 31.4. The summed E-state index contributed by atoms with van der Waals surface area (Å²) in [6, 6.07) is 8.27. The standard InChI is InChI=1S/C17H15BrCl4N2O3S/c1-15(2)10(12(25)27-8-16(20,21)22)24-13(26)17(18,14(24)28-15)23-11(19)9-6-4-3-5-7-9/h3-7,10,14H,8H2,1-2H3/b23-11-/t10-,14+,17?/m0/s1. The van der Waals surface area contributed by atoms with Crippen LogP contribution in [-0.4, -0.2) is 53.0 Å². The first-order valence-corrected chi connectivity index (χ1v) is 11.3. The SMILES string of the molecule is CC1(C)S[C@H]2N(C(=O)C2(Br)/N=C(\Cl)c2ccccc2)[C@H]1C(=O)OCC(Cl)(Cl)Cl. The third kappa shape index (κ3) is 4.16. The summed E-state index contributed by atoms with van der Waals surface area (Å²) in [7, 11) is 0. The number of β-lactam (4-membered cyclic amide) rings is 1. The summed E-state index contributed by atoms with van der Waals surface area (Å²) in [5, 5.41) is -0.233. The quantitative estimate of drug-likeness (QED) is 0.179. The molecule has 0 N–H and O–H groups in total. The number of thioether (sulfide) groups is 1. The zero-order chi connectivity index (χ0) is 20.9. The lowest BCUT2D eigenvalue weighted by molar-refractivity contribution is -0.163. The highest BCUT2D eigenvalue weighted by Gasteiger charge is 2.71. The van der Waals surface area contributed by atoms with Gasteiger partial charge >= 0.3 is 5.97 Å². The molecule has 2 fully saturated rings. The number of carbonyl (C=O) groups excluding carboxylic acids is 2. The van der Waals surface area contributed by atoms with Crippen LogP contribution in [0.1, 0.15) is 19.4 Å². The van der Waals surface area contributed by atoms with E-state index in [4.69, 9.17) is 51.1 Å². The first-order valence-electron chi connectivity index (χ1n) is 8.10. The highest BCUT2D eigenvalue weighted by Crippen LogP contribution is 2.58. The number of nitrogens with zero attached hydrogens (tertiary/aromatic N) is 2. The van der Waals surface area contributed by atoms with Gasteiger partial charge in [0.1, 0.15) is 23.2 Å². The van der Waals surface area contributed by atoms with Gasteiger partial charge in [0.05, 0.1) is 0 Å². The minimum Gasteiger partial charge on any atom is -0.460 e. The molecule has 28 heavy (non-hydrogen) atoms. The van der Waals surface area contributed by atoms with E-state index in [0.717, 1.165) is 0 Å². The molecule has 0 radical (unpaired) electrons. The van der Waals surface area contributed by atoms with Gasteiger partial charge in [0.15, 0.2) is 0 Å². The molecule has 0 saturated carbocycles. The Labute approximate surface area is 195 Å². The molecule has 2 aliphatic heterocycles. The fourth-order valence-corrected chi connectivity index (χ4v) is 6.06. The molecule has 1 aromatic rings. The fraction of sp³-hybridized carbons (Fsp3) is 0.471. The van der Waals surface area contributed by atoms with Gasteiger partial charge in [0.2, 0.25) is 8.24 Å². The number of hydrogen-bond donors (Lipinski definition) is 0. The number of aliphatic imine (C=N–C) groups is 1. The minimum atomic E-state index is -1.73. The summed E-state index contributed by atoms with van der Waals surface area (Å²) in [5.41, 5.74) is 0.690. The Kier molecular flexibility index (Phi) is 6.28. The van der Waals surface area contributed by atoms with Crippen molar-refractivity contribution in [2.75, 3.05) is 6.61 Å². The lowest BCUT2D eigenvalue weighted by Crippen LogP contribution is -2.70. The molecule has 0 bridgehead atoms. The van der Waals surface area contributed by atoms with Crippen molar-refractivity contribution in [2.24, 2.45) is 4.99 Å². The molecule has 1 aromatic carbocycles. The van der Waals surface area contributed by atoms with Crippen LogP contribution in [0.3, 0.4) is 0 Å². The first kappa shape index (κ1) is 22.5. The van der Waals surface area contributed by atoms with Crippen LogP contribution in [0.4, 0.5) is 0 Å². The Morgan fingerprint density at radius 3 is 2.50 bits per heavy atom. The van der Waals surface area contributed by atoms with Crippen LogP contribution >= 0.6 is 74.1 Å².